The Labute approximate surface area is 123 Å². The lowest BCUT2D eigenvalue weighted by Gasteiger charge is -2.19. The number of rotatable bonds is 7. The molecule has 0 bridgehead atoms. The van der Waals surface area contributed by atoms with Crippen molar-refractivity contribution >= 4 is 6.03 Å². The molecule has 0 aliphatic heterocycles. The molecule has 1 aromatic carbocycles. The Kier molecular flexibility index (Phi) is 7.08. The second kappa shape index (κ2) is 8.56. The van der Waals surface area contributed by atoms with Crippen LogP contribution in [0.3, 0.4) is 0 Å². The summed E-state index contributed by atoms with van der Waals surface area (Å²) < 4.78 is 26.6. The average molecular weight is 300 g/mol. The molecule has 0 saturated carbocycles. The van der Waals surface area contributed by atoms with Crippen molar-refractivity contribution in [3.63, 3.8) is 0 Å². The number of carbonyl (C=O) groups excluding carboxylic acids is 1. The summed E-state index contributed by atoms with van der Waals surface area (Å²) in [6.07, 6.45) is 1.13. The summed E-state index contributed by atoms with van der Waals surface area (Å²) in [5, 5.41) is 14.6. The van der Waals surface area contributed by atoms with Crippen molar-refractivity contribution in [1.29, 1.82) is 0 Å². The summed E-state index contributed by atoms with van der Waals surface area (Å²) in [6.45, 7) is 3.99. The molecular formula is C15H22F2N2O2. The Bertz CT molecular complexity index is 469. The number of urea groups is 1. The number of amides is 2. The maximum absolute atomic E-state index is 13.7. The molecule has 1 rings (SSSR count). The molecular weight excluding hydrogens is 278 g/mol. The lowest BCUT2D eigenvalue weighted by molar-refractivity contribution is 0.160. The van der Waals surface area contributed by atoms with Gasteiger partial charge in [-0.1, -0.05) is 19.9 Å². The van der Waals surface area contributed by atoms with Crippen molar-refractivity contribution in [2.24, 2.45) is 0 Å². The third-order valence-corrected chi connectivity index (χ3v) is 3.29. The molecule has 21 heavy (non-hydrogen) atoms. The first-order valence-corrected chi connectivity index (χ1v) is 7.15. The van der Waals surface area contributed by atoms with Gasteiger partial charge >= 0.3 is 6.03 Å². The van der Waals surface area contributed by atoms with Crippen LogP contribution in [0.5, 0.6) is 0 Å². The van der Waals surface area contributed by atoms with E-state index in [2.05, 4.69) is 10.6 Å². The van der Waals surface area contributed by atoms with Crippen LogP contribution < -0.4 is 10.6 Å². The highest BCUT2D eigenvalue weighted by molar-refractivity contribution is 5.74. The molecule has 0 radical (unpaired) electrons. The quantitative estimate of drug-likeness (QED) is 0.725. The molecule has 0 heterocycles. The van der Waals surface area contributed by atoms with Crippen LogP contribution in [0.1, 0.15) is 44.7 Å². The topological polar surface area (TPSA) is 61.4 Å². The first-order chi connectivity index (χ1) is 9.97. The number of hydrogen-bond acceptors (Lipinski definition) is 2. The zero-order valence-corrected chi connectivity index (χ0v) is 12.3. The maximum atomic E-state index is 13.7. The Morgan fingerprint density at radius 3 is 2.57 bits per heavy atom. The van der Waals surface area contributed by atoms with E-state index in [4.69, 9.17) is 0 Å². The van der Waals surface area contributed by atoms with Gasteiger partial charge in [-0.2, -0.15) is 0 Å². The van der Waals surface area contributed by atoms with E-state index in [1.54, 1.807) is 6.92 Å². The van der Waals surface area contributed by atoms with E-state index in [0.29, 0.717) is 25.8 Å². The van der Waals surface area contributed by atoms with Gasteiger partial charge in [-0.25, -0.2) is 13.6 Å². The van der Waals surface area contributed by atoms with E-state index in [1.165, 1.54) is 6.07 Å². The fraction of sp³-hybridized carbons (Fsp3) is 0.533. The SMILES string of the molecule is CCC(O)CCNC(=O)NC(CC)c1ccc(F)cc1F. The van der Waals surface area contributed by atoms with Crippen LogP contribution in [-0.4, -0.2) is 23.8 Å². The monoisotopic (exact) mass is 300 g/mol. The average Bonchev–Trinajstić information content (AvgIpc) is 2.45. The minimum absolute atomic E-state index is 0.252. The second-order valence-corrected chi connectivity index (χ2v) is 4.88. The number of carbonyl (C=O) groups is 1. The van der Waals surface area contributed by atoms with Crippen molar-refractivity contribution in [2.45, 2.75) is 45.3 Å². The van der Waals surface area contributed by atoms with E-state index in [0.717, 1.165) is 12.1 Å². The predicted molar refractivity (Wildman–Crippen MR) is 76.8 cm³/mol. The van der Waals surface area contributed by atoms with Gasteiger partial charge in [0.1, 0.15) is 11.6 Å². The Hall–Kier alpha value is -1.69. The zero-order chi connectivity index (χ0) is 15.8. The number of halogens is 2. The highest BCUT2D eigenvalue weighted by Crippen LogP contribution is 2.20. The molecule has 2 amide bonds. The van der Waals surface area contributed by atoms with Crippen LogP contribution in [0.25, 0.3) is 0 Å². The molecule has 0 aromatic heterocycles. The van der Waals surface area contributed by atoms with Crippen molar-refractivity contribution < 1.29 is 18.7 Å². The molecule has 1 aromatic rings. The first kappa shape index (κ1) is 17.4. The standard InChI is InChI=1S/C15H22F2N2O2/c1-3-11(20)7-8-18-15(21)19-14(4-2)12-6-5-10(16)9-13(12)17/h5-6,9,11,14,20H,3-4,7-8H2,1-2H3,(H2,18,19,21). The maximum Gasteiger partial charge on any atom is 0.315 e. The van der Waals surface area contributed by atoms with Gasteiger partial charge in [0, 0.05) is 18.2 Å². The molecule has 0 fully saturated rings. The number of nitrogens with one attached hydrogen (secondary N) is 2. The summed E-state index contributed by atoms with van der Waals surface area (Å²) in [5.74, 6) is -1.33. The van der Waals surface area contributed by atoms with Crippen LogP contribution in [0, 0.1) is 11.6 Å². The second-order valence-electron chi connectivity index (χ2n) is 4.88. The Morgan fingerprint density at radius 1 is 1.29 bits per heavy atom. The van der Waals surface area contributed by atoms with E-state index >= 15 is 0 Å². The first-order valence-electron chi connectivity index (χ1n) is 7.15. The lowest BCUT2D eigenvalue weighted by Crippen LogP contribution is -2.39. The van der Waals surface area contributed by atoms with Crippen molar-refractivity contribution in [3.05, 3.63) is 35.4 Å². The summed E-state index contributed by atoms with van der Waals surface area (Å²) in [6, 6.07) is 2.34. The van der Waals surface area contributed by atoms with Crippen molar-refractivity contribution in [1.82, 2.24) is 10.6 Å². The highest BCUT2D eigenvalue weighted by Gasteiger charge is 2.17. The molecule has 0 spiro atoms. The number of benzene rings is 1. The summed E-state index contributed by atoms with van der Waals surface area (Å²) >= 11 is 0. The molecule has 0 aliphatic carbocycles. The van der Waals surface area contributed by atoms with Gasteiger partial charge < -0.3 is 15.7 Å². The van der Waals surface area contributed by atoms with Crippen LogP contribution in [-0.2, 0) is 0 Å². The Balaban J connectivity index is 2.55. The van der Waals surface area contributed by atoms with E-state index in [-0.39, 0.29) is 5.56 Å². The van der Waals surface area contributed by atoms with Crippen LogP contribution in [0.15, 0.2) is 18.2 Å². The number of hydrogen-bond donors (Lipinski definition) is 3. The molecule has 2 atom stereocenters. The smallest absolute Gasteiger partial charge is 0.315 e. The molecule has 3 N–H and O–H groups in total. The fourth-order valence-corrected chi connectivity index (χ4v) is 1.95. The molecule has 118 valence electrons. The van der Waals surface area contributed by atoms with Gasteiger partial charge in [-0.05, 0) is 25.3 Å². The summed E-state index contributed by atoms with van der Waals surface area (Å²) in [7, 11) is 0. The summed E-state index contributed by atoms with van der Waals surface area (Å²) in [4.78, 5) is 11.7. The molecule has 4 nitrogen and oxygen atoms in total. The lowest BCUT2D eigenvalue weighted by atomic mass is 10.0. The Morgan fingerprint density at radius 2 is 2.00 bits per heavy atom. The van der Waals surface area contributed by atoms with Gasteiger partial charge in [0.25, 0.3) is 0 Å². The van der Waals surface area contributed by atoms with Crippen molar-refractivity contribution in [3.8, 4) is 0 Å². The normalized spacial score (nSPS) is 13.6. The third-order valence-electron chi connectivity index (χ3n) is 3.29. The minimum atomic E-state index is -0.677. The van der Waals surface area contributed by atoms with Gasteiger partial charge in [0.05, 0.1) is 12.1 Å². The number of aliphatic hydroxyl groups excluding tert-OH is 1. The van der Waals surface area contributed by atoms with E-state index in [1.807, 2.05) is 6.92 Å². The third kappa shape index (κ3) is 5.67. The van der Waals surface area contributed by atoms with Gasteiger partial charge in [0.15, 0.2) is 0 Å². The minimum Gasteiger partial charge on any atom is -0.393 e. The number of aliphatic hydroxyl groups is 1. The van der Waals surface area contributed by atoms with Gasteiger partial charge in [0.2, 0.25) is 0 Å². The molecule has 6 heteroatoms. The van der Waals surface area contributed by atoms with Gasteiger partial charge in [-0.15, -0.1) is 0 Å². The zero-order valence-electron chi connectivity index (χ0n) is 12.3. The van der Waals surface area contributed by atoms with Crippen LogP contribution in [0.2, 0.25) is 0 Å². The summed E-state index contributed by atoms with van der Waals surface area (Å²) in [5.41, 5.74) is 0.252. The molecule has 0 saturated heterocycles. The van der Waals surface area contributed by atoms with Crippen molar-refractivity contribution in [2.75, 3.05) is 6.54 Å². The fourth-order valence-electron chi connectivity index (χ4n) is 1.95. The van der Waals surface area contributed by atoms with E-state index < -0.39 is 29.8 Å². The molecule has 0 aliphatic rings. The highest BCUT2D eigenvalue weighted by atomic mass is 19.1. The van der Waals surface area contributed by atoms with E-state index in [9.17, 15) is 18.7 Å². The predicted octanol–water partition coefficient (Wildman–Crippen LogP) is 2.88. The molecule has 2 unspecified atom stereocenters. The van der Waals surface area contributed by atoms with Crippen LogP contribution >= 0.6 is 0 Å². The largest absolute Gasteiger partial charge is 0.393 e. The van der Waals surface area contributed by atoms with Gasteiger partial charge in [-0.3, -0.25) is 0 Å². The van der Waals surface area contributed by atoms with Crippen LogP contribution in [0.4, 0.5) is 13.6 Å².